The van der Waals surface area contributed by atoms with Crippen molar-refractivity contribution < 1.29 is 9.53 Å². The zero-order chi connectivity index (χ0) is 20.6. The van der Waals surface area contributed by atoms with Crippen molar-refractivity contribution in [3.05, 3.63) is 53.5 Å². The van der Waals surface area contributed by atoms with Crippen molar-refractivity contribution in [2.45, 2.75) is 58.6 Å². The minimum atomic E-state index is -0.511. The number of hydrogen-bond acceptors (Lipinski definition) is 5. The molecule has 0 radical (unpaired) electrons. The zero-order valence-electron chi connectivity index (χ0n) is 17.7. The summed E-state index contributed by atoms with van der Waals surface area (Å²) in [5, 5.41) is 3.21. The Labute approximate surface area is 172 Å². The van der Waals surface area contributed by atoms with Gasteiger partial charge in [0.25, 0.3) is 0 Å². The smallest absolute Gasteiger partial charge is 0.408 e. The molecule has 1 N–H and O–H groups in total. The van der Waals surface area contributed by atoms with Gasteiger partial charge < -0.3 is 15.0 Å². The molecule has 1 fully saturated rings. The first-order valence-electron chi connectivity index (χ1n) is 10.4. The maximum Gasteiger partial charge on any atom is 0.408 e. The topological polar surface area (TPSA) is 67.4 Å². The van der Waals surface area contributed by atoms with Gasteiger partial charge in [-0.3, -0.25) is 4.98 Å². The number of piperidine rings is 1. The van der Waals surface area contributed by atoms with Crippen molar-refractivity contribution in [2.75, 3.05) is 18.0 Å². The third-order valence-corrected chi connectivity index (χ3v) is 6.01. The molecule has 29 heavy (non-hydrogen) atoms. The van der Waals surface area contributed by atoms with Gasteiger partial charge in [0.15, 0.2) is 0 Å². The molecule has 1 aromatic carbocycles. The van der Waals surface area contributed by atoms with Gasteiger partial charge in [0.1, 0.15) is 11.4 Å². The van der Waals surface area contributed by atoms with Gasteiger partial charge in [-0.25, -0.2) is 9.78 Å². The number of hydrogen-bond donors (Lipinski definition) is 1. The van der Waals surface area contributed by atoms with Crippen LogP contribution in [0.1, 0.15) is 56.5 Å². The Kier molecular flexibility index (Phi) is 4.97. The Balaban J connectivity index is 1.55. The molecule has 1 saturated heterocycles. The van der Waals surface area contributed by atoms with Gasteiger partial charge in [-0.2, -0.15) is 0 Å². The van der Waals surface area contributed by atoms with Crippen LogP contribution in [0, 0.1) is 12.3 Å². The molecular weight excluding hydrogens is 364 g/mol. The van der Waals surface area contributed by atoms with Crippen LogP contribution in [-0.2, 0) is 11.2 Å². The molecular formula is C23H30N4O2. The lowest BCUT2D eigenvalue weighted by molar-refractivity contribution is 0.0428. The third-order valence-electron chi connectivity index (χ3n) is 6.01. The Hall–Kier alpha value is -2.63. The molecule has 154 valence electrons. The molecule has 4 rings (SSSR count). The van der Waals surface area contributed by atoms with E-state index in [2.05, 4.69) is 44.5 Å². The molecule has 1 aromatic heterocycles. The summed E-state index contributed by atoms with van der Waals surface area (Å²) >= 11 is 0. The average Bonchev–Trinajstić information content (AvgIpc) is 2.94. The van der Waals surface area contributed by atoms with E-state index in [4.69, 9.17) is 4.74 Å². The van der Waals surface area contributed by atoms with Gasteiger partial charge in [-0.1, -0.05) is 24.3 Å². The van der Waals surface area contributed by atoms with Crippen LogP contribution in [0.15, 0.2) is 36.7 Å². The van der Waals surface area contributed by atoms with Crippen LogP contribution in [0.3, 0.4) is 0 Å². The summed E-state index contributed by atoms with van der Waals surface area (Å²) in [4.78, 5) is 23.8. The van der Waals surface area contributed by atoms with E-state index in [-0.39, 0.29) is 17.6 Å². The van der Waals surface area contributed by atoms with Crippen molar-refractivity contribution in [3.8, 4) is 0 Å². The van der Waals surface area contributed by atoms with E-state index in [1.54, 1.807) is 6.20 Å². The number of anilines is 1. The van der Waals surface area contributed by atoms with Crippen LogP contribution >= 0.6 is 0 Å². The van der Waals surface area contributed by atoms with Gasteiger partial charge in [0.05, 0.1) is 17.9 Å². The lowest BCUT2D eigenvalue weighted by Gasteiger charge is -2.43. The summed E-state index contributed by atoms with van der Waals surface area (Å²) in [6, 6.07) is 8.44. The number of carbonyl (C=O) groups excluding carboxylic acids is 1. The zero-order valence-corrected chi connectivity index (χ0v) is 17.7. The first-order valence-corrected chi connectivity index (χ1v) is 10.4. The predicted octanol–water partition coefficient (Wildman–Crippen LogP) is 4.19. The lowest BCUT2D eigenvalue weighted by Crippen LogP contribution is -2.48. The van der Waals surface area contributed by atoms with E-state index >= 15 is 0 Å². The standard InChI is InChI=1S/C23H30N4O2/c1-16-14-24-15-19(25-16)27-11-9-23(10-12-27)13-17-7-5-6-8-18(17)20(23)26-21(28)29-22(2,3)4/h5-8,14-15,20H,9-13H2,1-4H3,(H,26,28). The van der Waals surface area contributed by atoms with Gasteiger partial charge in [-0.05, 0) is 58.1 Å². The summed E-state index contributed by atoms with van der Waals surface area (Å²) in [7, 11) is 0. The molecule has 1 amide bonds. The summed E-state index contributed by atoms with van der Waals surface area (Å²) in [6.07, 6.45) is 6.23. The number of nitrogens with one attached hydrogen (secondary N) is 1. The number of amides is 1. The Bertz CT molecular complexity index is 898. The number of benzene rings is 1. The van der Waals surface area contributed by atoms with Crippen molar-refractivity contribution in [1.82, 2.24) is 15.3 Å². The normalized spacial score (nSPS) is 20.4. The van der Waals surface area contributed by atoms with Gasteiger partial charge >= 0.3 is 6.09 Å². The second kappa shape index (κ2) is 7.32. The molecule has 1 unspecified atom stereocenters. The molecule has 2 heterocycles. The highest BCUT2D eigenvalue weighted by atomic mass is 16.6. The van der Waals surface area contributed by atoms with Crippen molar-refractivity contribution in [2.24, 2.45) is 5.41 Å². The highest BCUT2D eigenvalue weighted by Gasteiger charge is 2.48. The minimum Gasteiger partial charge on any atom is -0.444 e. The number of nitrogens with zero attached hydrogens (tertiary/aromatic N) is 3. The summed E-state index contributed by atoms with van der Waals surface area (Å²) in [5.41, 5.74) is 2.98. The minimum absolute atomic E-state index is 0.00828. The molecule has 1 spiro atoms. The molecule has 0 saturated carbocycles. The largest absolute Gasteiger partial charge is 0.444 e. The molecule has 1 aliphatic carbocycles. The Morgan fingerprint density at radius 2 is 1.93 bits per heavy atom. The highest BCUT2D eigenvalue weighted by molar-refractivity contribution is 5.69. The van der Waals surface area contributed by atoms with Crippen LogP contribution in [-0.4, -0.2) is 34.8 Å². The van der Waals surface area contributed by atoms with E-state index in [1.807, 2.05) is 33.9 Å². The van der Waals surface area contributed by atoms with Crippen LogP contribution in [0.25, 0.3) is 0 Å². The van der Waals surface area contributed by atoms with E-state index in [0.29, 0.717) is 0 Å². The van der Waals surface area contributed by atoms with Gasteiger partial charge in [0.2, 0.25) is 0 Å². The third kappa shape index (κ3) is 4.07. The lowest BCUT2D eigenvalue weighted by atomic mass is 9.72. The number of fused-ring (bicyclic) bond motifs is 1. The summed E-state index contributed by atoms with van der Waals surface area (Å²) < 4.78 is 5.57. The molecule has 1 atom stereocenters. The fraction of sp³-hybridized carbons (Fsp3) is 0.522. The van der Waals surface area contributed by atoms with Crippen LogP contribution < -0.4 is 10.2 Å². The monoisotopic (exact) mass is 394 g/mol. The average molecular weight is 395 g/mol. The molecule has 0 bridgehead atoms. The number of aromatic nitrogens is 2. The second-order valence-electron chi connectivity index (χ2n) is 9.32. The fourth-order valence-corrected chi connectivity index (χ4v) is 4.69. The number of ether oxygens (including phenoxy) is 1. The van der Waals surface area contributed by atoms with Crippen molar-refractivity contribution in [1.29, 1.82) is 0 Å². The number of carbonyl (C=O) groups is 1. The van der Waals surface area contributed by atoms with E-state index < -0.39 is 5.60 Å². The Morgan fingerprint density at radius 1 is 1.21 bits per heavy atom. The Morgan fingerprint density at radius 3 is 2.62 bits per heavy atom. The van der Waals surface area contributed by atoms with Gasteiger partial charge in [0, 0.05) is 24.7 Å². The fourth-order valence-electron chi connectivity index (χ4n) is 4.69. The van der Waals surface area contributed by atoms with E-state index in [9.17, 15) is 4.79 Å². The number of aryl methyl sites for hydroxylation is 1. The van der Waals surface area contributed by atoms with Crippen LogP contribution in [0.5, 0.6) is 0 Å². The van der Waals surface area contributed by atoms with E-state index in [0.717, 1.165) is 43.9 Å². The summed E-state index contributed by atoms with van der Waals surface area (Å²) in [5.74, 6) is 0.937. The first kappa shape index (κ1) is 19.7. The second-order valence-corrected chi connectivity index (χ2v) is 9.32. The molecule has 1 aliphatic heterocycles. The maximum atomic E-state index is 12.6. The molecule has 2 aliphatic rings. The van der Waals surface area contributed by atoms with Gasteiger partial charge in [-0.15, -0.1) is 0 Å². The first-order chi connectivity index (χ1) is 13.8. The van der Waals surface area contributed by atoms with Crippen LogP contribution in [0.4, 0.5) is 10.6 Å². The number of alkyl carbamates (subject to hydrolysis) is 1. The summed E-state index contributed by atoms with van der Waals surface area (Å²) in [6.45, 7) is 9.46. The van der Waals surface area contributed by atoms with Crippen molar-refractivity contribution in [3.63, 3.8) is 0 Å². The predicted molar refractivity (Wildman–Crippen MR) is 113 cm³/mol. The quantitative estimate of drug-likeness (QED) is 0.827. The van der Waals surface area contributed by atoms with Crippen LogP contribution in [0.2, 0.25) is 0 Å². The highest BCUT2D eigenvalue weighted by Crippen LogP contribution is 2.52. The van der Waals surface area contributed by atoms with E-state index in [1.165, 1.54) is 11.1 Å². The molecule has 6 nitrogen and oxygen atoms in total. The van der Waals surface area contributed by atoms with Crippen molar-refractivity contribution >= 4 is 11.9 Å². The molecule has 2 aromatic rings. The number of rotatable bonds is 2. The molecule has 6 heteroatoms. The maximum absolute atomic E-state index is 12.6. The SMILES string of the molecule is Cc1cncc(N2CCC3(CC2)Cc2ccccc2C3NC(=O)OC(C)(C)C)n1.